The Morgan fingerprint density at radius 3 is 2.50 bits per heavy atom. The van der Waals surface area contributed by atoms with Gasteiger partial charge in [0.05, 0.1) is 25.0 Å². The lowest BCUT2D eigenvalue weighted by atomic mass is 10.1. The number of anilines is 2. The third kappa shape index (κ3) is 4.51. The second-order valence-electron chi connectivity index (χ2n) is 7.69. The first-order valence-corrected chi connectivity index (χ1v) is 10.9. The maximum atomic E-state index is 13.2. The van der Waals surface area contributed by atoms with E-state index in [1.807, 2.05) is 35.2 Å². The normalized spacial score (nSPS) is 13.6. The zero-order valence-electron chi connectivity index (χ0n) is 18.4. The molecule has 0 unspecified atom stereocenters. The van der Waals surface area contributed by atoms with Crippen LogP contribution >= 0.6 is 0 Å². The number of para-hydroxylation sites is 1. The van der Waals surface area contributed by atoms with Crippen LogP contribution < -0.4 is 10.1 Å². The van der Waals surface area contributed by atoms with Gasteiger partial charge in [0, 0.05) is 24.2 Å². The number of hydrogen-bond donors (Lipinski definition) is 1. The summed E-state index contributed by atoms with van der Waals surface area (Å²) in [5, 5.41) is 4.22. The molecule has 2 aromatic carbocycles. The van der Waals surface area contributed by atoms with Crippen molar-refractivity contribution in [2.24, 2.45) is 0 Å². The molecule has 166 valence electrons. The van der Waals surface area contributed by atoms with Crippen LogP contribution in [0.5, 0.6) is 5.75 Å². The third-order valence-electron chi connectivity index (χ3n) is 5.56. The molecule has 0 bridgehead atoms. The number of piperidine rings is 1. The average Bonchev–Trinajstić information content (AvgIpc) is 2.84. The van der Waals surface area contributed by atoms with Crippen LogP contribution in [0.3, 0.4) is 0 Å². The van der Waals surface area contributed by atoms with Crippen molar-refractivity contribution in [1.29, 1.82) is 0 Å². The monoisotopic (exact) mass is 433 g/mol. The van der Waals surface area contributed by atoms with Gasteiger partial charge in [-0.1, -0.05) is 12.1 Å². The molecule has 0 saturated carbocycles. The van der Waals surface area contributed by atoms with E-state index in [-0.39, 0.29) is 11.9 Å². The molecule has 0 aliphatic carbocycles. The smallest absolute Gasteiger partial charge is 0.338 e. The van der Waals surface area contributed by atoms with Crippen molar-refractivity contribution in [1.82, 2.24) is 9.88 Å². The summed E-state index contributed by atoms with van der Waals surface area (Å²) in [6, 6.07) is 14.5. The SMILES string of the molecule is CCOC(=O)c1ccc(Nc2cc(C(=O)N3CCCCC3)nc3c(OC)cccc23)cc1. The molecule has 2 heterocycles. The Kier molecular flexibility index (Phi) is 6.54. The van der Waals surface area contributed by atoms with Crippen molar-refractivity contribution in [2.45, 2.75) is 26.2 Å². The van der Waals surface area contributed by atoms with Crippen LogP contribution in [0.1, 0.15) is 47.0 Å². The number of carbonyl (C=O) groups is 2. The molecule has 1 N–H and O–H groups in total. The maximum Gasteiger partial charge on any atom is 0.338 e. The number of methoxy groups -OCH3 is 1. The van der Waals surface area contributed by atoms with Gasteiger partial charge in [0.15, 0.2) is 0 Å². The highest BCUT2D eigenvalue weighted by molar-refractivity contribution is 6.02. The van der Waals surface area contributed by atoms with Crippen molar-refractivity contribution < 1.29 is 19.1 Å². The highest BCUT2D eigenvalue weighted by Gasteiger charge is 2.22. The molecular formula is C25H27N3O4. The molecule has 7 heteroatoms. The van der Waals surface area contributed by atoms with E-state index in [1.54, 1.807) is 32.2 Å². The van der Waals surface area contributed by atoms with Gasteiger partial charge < -0.3 is 19.7 Å². The Balaban J connectivity index is 1.71. The Hall–Kier alpha value is -3.61. The van der Waals surface area contributed by atoms with E-state index in [0.717, 1.165) is 49.1 Å². The minimum atomic E-state index is -0.354. The van der Waals surface area contributed by atoms with E-state index >= 15 is 0 Å². The molecule has 1 amide bonds. The van der Waals surface area contributed by atoms with Gasteiger partial charge in [-0.25, -0.2) is 9.78 Å². The molecular weight excluding hydrogens is 406 g/mol. The third-order valence-corrected chi connectivity index (χ3v) is 5.56. The summed E-state index contributed by atoms with van der Waals surface area (Å²) in [5.41, 5.74) is 3.03. The fourth-order valence-electron chi connectivity index (χ4n) is 3.92. The zero-order valence-corrected chi connectivity index (χ0v) is 18.4. The van der Waals surface area contributed by atoms with Crippen LogP contribution in [-0.2, 0) is 4.74 Å². The van der Waals surface area contributed by atoms with Crippen molar-refractivity contribution >= 4 is 34.2 Å². The molecule has 1 saturated heterocycles. The first-order chi connectivity index (χ1) is 15.6. The van der Waals surface area contributed by atoms with Gasteiger partial charge in [0.1, 0.15) is 17.0 Å². The number of ether oxygens (including phenoxy) is 2. The van der Waals surface area contributed by atoms with Gasteiger partial charge in [-0.05, 0) is 62.6 Å². The number of esters is 1. The fraction of sp³-hybridized carbons (Fsp3) is 0.320. The molecule has 1 aromatic heterocycles. The van der Waals surface area contributed by atoms with Crippen molar-refractivity contribution in [3.05, 3.63) is 59.8 Å². The van der Waals surface area contributed by atoms with E-state index in [0.29, 0.717) is 29.1 Å². The number of hydrogen-bond acceptors (Lipinski definition) is 6. The Labute approximate surface area is 187 Å². The van der Waals surface area contributed by atoms with Crippen LogP contribution in [0, 0.1) is 0 Å². The fourth-order valence-corrected chi connectivity index (χ4v) is 3.92. The van der Waals surface area contributed by atoms with Crippen LogP contribution in [0.4, 0.5) is 11.4 Å². The number of likely N-dealkylation sites (tertiary alicyclic amines) is 1. The lowest BCUT2D eigenvalue weighted by molar-refractivity contribution is 0.0526. The number of benzene rings is 2. The van der Waals surface area contributed by atoms with Crippen LogP contribution in [0.2, 0.25) is 0 Å². The average molecular weight is 434 g/mol. The summed E-state index contributed by atoms with van der Waals surface area (Å²) in [4.78, 5) is 31.6. The number of aromatic nitrogens is 1. The van der Waals surface area contributed by atoms with Gasteiger partial charge in [-0.3, -0.25) is 4.79 Å². The molecule has 3 aromatic rings. The van der Waals surface area contributed by atoms with Crippen LogP contribution in [0.25, 0.3) is 10.9 Å². The maximum absolute atomic E-state index is 13.2. The number of nitrogens with zero attached hydrogens (tertiary/aromatic N) is 2. The molecule has 0 radical (unpaired) electrons. The highest BCUT2D eigenvalue weighted by Crippen LogP contribution is 2.32. The molecule has 0 spiro atoms. The molecule has 7 nitrogen and oxygen atoms in total. The zero-order chi connectivity index (χ0) is 22.5. The summed E-state index contributed by atoms with van der Waals surface area (Å²) in [6.45, 7) is 3.61. The number of fused-ring (bicyclic) bond motifs is 1. The Bertz CT molecular complexity index is 1120. The van der Waals surface area contributed by atoms with Crippen LogP contribution in [0.15, 0.2) is 48.5 Å². The van der Waals surface area contributed by atoms with Gasteiger partial charge in [-0.2, -0.15) is 0 Å². The predicted octanol–water partition coefficient (Wildman–Crippen LogP) is 4.79. The first kappa shape index (κ1) is 21.6. The number of nitrogens with one attached hydrogen (secondary N) is 1. The summed E-state index contributed by atoms with van der Waals surface area (Å²) in [7, 11) is 1.59. The lowest BCUT2D eigenvalue weighted by Gasteiger charge is -2.26. The predicted molar refractivity (Wildman–Crippen MR) is 124 cm³/mol. The second-order valence-corrected chi connectivity index (χ2v) is 7.69. The van der Waals surface area contributed by atoms with Gasteiger partial charge in [0.25, 0.3) is 5.91 Å². The first-order valence-electron chi connectivity index (χ1n) is 10.9. The van der Waals surface area contributed by atoms with E-state index in [9.17, 15) is 9.59 Å². The van der Waals surface area contributed by atoms with Crippen molar-refractivity contribution in [3.8, 4) is 5.75 Å². The Morgan fingerprint density at radius 2 is 1.81 bits per heavy atom. The van der Waals surface area contributed by atoms with E-state index in [2.05, 4.69) is 10.3 Å². The topological polar surface area (TPSA) is 80.8 Å². The van der Waals surface area contributed by atoms with Gasteiger partial charge in [-0.15, -0.1) is 0 Å². The molecule has 0 atom stereocenters. The number of pyridine rings is 1. The molecule has 1 aliphatic heterocycles. The summed E-state index contributed by atoms with van der Waals surface area (Å²) in [5.74, 6) is 0.183. The summed E-state index contributed by atoms with van der Waals surface area (Å²) >= 11 is 0. The lowest BCUT2D eigenvalue weighted by Crippen LogP contribution is -2.36. The molecule has 4 rings (SSSR count). The van der Waals surface area contributed by atoms with Gasteiger partial charge in [0.2, 0.25) is 0 Å². The van der Waals surface area contributed by atoms with Gasteiger partial charge >= 0.3 is 5.97 Å². The molecule has 1 fully saturated rings. The van der Waals surface area contributed by atoms with Crippen LogP contribution in [-0.4, -0.2) is 48.6 Å². The number of amides is 1. The van der Waals surface area contributed by atoms with Crippen molar-refractivity contribution in [3.63, 3.8) is 0 Å². The van der Waals surface area contributed by atoms with E-state index < -0.39 is 0 Å². The van der Waals surface area contributed by atoms with Crippen molar-refractivity contribution in [2.75, 3.05) is 32.1 Å². The number of rotatable bonds is 6. The number of carbonyl (C=O) groups excluding carboxylic acids is 2. The Morgan fingerprint density at radius 1 is 1.06 bits per heavy atom. The quantitative estimate of drug-likeness (QED) is 0.563. The van der Waals surface area contributed by atoms with E-state index in [4.69, 9.17) is 9.47 Å². The largest absolute Gasteiger partial charge is 0.494 e. The minimum Gasteiger partial charge on any atom is -0.494 e. The second kappa shape index (κ2) is 9.68. The highest BCUT2D eigenvalue weighted by atomic mass is 16.5. The van der Waals surface area contributed by atoms with E-state index in [1.165, 1.54) is 0 Å². The molecule has 32 heavy (non-hydrogen) atoms. The standard InChI is InChI=1S/C25H27N3O4/c1-3-32-25(30)17-10-12-18(13-11-17)26-20-16-21(24(29)28-14-5-4-6-15-28)27-23-19(20)8-7-9-22(23)31-2/h7-13,16H,3-6,14-15H2,1-2H3,(H,26,27). The summed E-state index contributed by atoms with van der Waals surface area (Å²) < 4.78 is 10.6. The minimum absolute atomic E-state index is 0.0711. The molecule has 1 aliphatic rings. The summed E-state index contributed by atoms with van der Waals surface area (Å²) in [6.07, 6.45) is 3.18.